The fraction of sp³-hybridized carbons (Fsp3) is 0.700. The second-order valence-corrected chi connectivity index (χ2v) is 9.88. The second kappa shape index (κ2) is 11.1. The summed E-state index contributed by atoms with van der Waals surface area (Å²) in [6, 6.07) is 5.66. The topological polar surface area (TPSA) is 0 Å². The van der Waals surface area contributed by atoms with Crippen molar-refractivity contribution in [2.24, 2.45) is 0 Å². The standard InChI is InChI=1S/C20H12F21I/c21-11(22,8-2-1-3-9-4-6-10(42)7-5-9)12(23,24)13(25,26)14(27,28)15(29,30)16(31,32)17(33,34)18(35,36)19(37,38)20(39,40)41/h4-7H,1-3,8H2. The van der Waals surface area contributed by atoms with Gasteiger partial charge in [0.15, 0.2) is 0 Å². The van der Waals surface area contributed by atoms with E-state index in [0.29, 0.717) is 9.13 Å². The van der Waals surface area contributed by atoms with E-state index in [2.05, 4.69) is 0 Å². The molecule has 0 saturated carbocycles. The van der Waals surface area contributed by atoms with Crippen LogP contribution in [0.1, 0.15) is 24.8 Å². The van der Waals surface area contributed by atoms with Crippen LogP contribution in [-0.4, -0.2) is 59.5 Å². The van der Waals surface area contributed by atoms with Crippen molar-refractivity contribution < 1.29 is 92.2 Å². The lowest BCUT2D eigenvalue weighted by Crippen LogP contribution is -2.76. The van der Waals surface area contributed by atoms with Crippen LogP contribution in [0.25, 0.3) is 0 Å². The highest BCUT2D eigenvalue weighted by Gasteiger charge is 2.97. The molecule has 0 aliphatic rings. The van der Waals surface area contributed by atoms with E-state index in [-0.39, 0.29) is 6.42 Å². The van der Waals surface area contributed by atoms with Crippen molar-refractivity contribution in [1.82, 2.24) is 0 Å². The van der Waals surface area contributed by atoms with E-state index in [0.717, 1.165) is 0 Å². The fourth-order valence-corrected chi connectivity index (χ4v) is 3.43. The summed E-state index contributed by atoms with van der Waals surface area (Å²) in [7, 11) is 0. The Hall–Kier alpha value is -1.52. The van der Waals surface area contributed by atoms with Crippen LogP contribution in [-0.2, 0) is 6.42 Å². The Morgan fingerprint density at radius 1 is 0.405 bits per heavy atom. The molecule has 0 fully saturated rings. The second-order valence-electron chi connectivity index (χ2n) is 8.63. The van der Waals surface area contributed by atoms with Gasteiger partial charge in [-0.3, -0.25) is 0 Å². The Morgan fingerprint density at radius 2 is 0.714 bits per heavy atom. The van der Waals surface area contributed by atoms with Crippen molar-refractivity contribution >= 4 is 22.6 Å². The third-order valence-corrected chi connectivity index (χ3v) is 6.41. The maximum atomic E-state index is 13.9. The van der Waals surface area contributed by atoms with Gasteiger partial charge in [0.1, 0.15) is 0 Å². The molecule has 0 heterocycles. The SMILES string of the molecule is FC(F)(F)C(F)(F)C(F)(F)C(F)(F)C(F)(F)C(F)(F)C(F)(F)C(F)(F)C(F)(F)C(F)(F)CCCCc1ccc(I)cc1. The zero-order chi connectivity index (χ0) is 33.8. The van der Waals surface area contributed by atoms with Gasteiger partial charge >= 0.3 is 59.5 Å². The molecule has 0 spiro atoms. The van der Waals surface area contributed by atoms with Gasteiger partial charge in [-0.25, -0.2) is 0 Å². The Labute approximate surface area is 233 Å². The molecule has 1 aromatic rings. The smallest absolute Gasteiger partial charge is 0.200 e. The highest BCUT2D eigenvalue weighted by molar-refractivity contribution is 14.1. The zero-order valence-electron chi connectivity index (χ0n) is 19.5. The monoisotopic (exact) mass is 778 g/mol. The summed E-state index contributed by atoms with van der Waals surface area (Å²) in [6.07, 6.45) is -12.7. The molecule has 42 heavy (non-hydrogen) atoms. The van der Waals surface area contributed by atoms with E-state index in [1.807, 2.05) is 22.6 Å². The van der Waals surface area contributed by atoms with E-state index in [4.69, 9.17) is 0 Å². The fourth-order valence-electron chi connectivity index (χ4n) is 3.07. The minimum Gasteiger partial charge on any atom is -0.200 e. The highest BCUT2D eigenvalue weighted by atomic mass is 127. The maximum absolute atomic E-state index is 13.9. The van der Waals surface area contributed by atoms with Crippen LogP contribution in [0.2, 0.25) is 0 Å². The van der Waals surface area contributed by atoms with Crippen LogP contribution in [0.3, 0.4) is 0 Å². The third-order valence-electron chi connectivity index (χ3n) is 5.70. The molecule has 0 amide bonds. The molecule has 1 rings (SSSR count). The van der Waals surface area contributed by atoms with Gasteiger partial charge < -0.3 is 0 Å². The van der Waals surface area contributed by atoms with E-state index >= 15 is 0 Å². The summed E-state index contributed by atoms with van der Waals surface area (Å²) in [5.41, 5.74) is 0.332. The molecule has 246 valence electrons. The maximum Gasteiger partial charge on any atom is 0.460 e. The number of aryl methyl sites for hydroxylation is 1. The molecule has 0 unspecified atom stereocenters. The Balaban J connectivity index is 3.43. The molecule has 0 atom stereocenters. The average molecular weight is 778 g/mol. The van der Waals surface area contributed by atoms with Crippen molar-refractivity contribution in [3.8, 4) is 0 Å². The molecule has 1 aromatic carbocycles. The number of rotatable bonds is 13. The number of benzene rings is 1. The molecule has 0 N–H and O–H groups in total. The van der Waals surface area contributed by atoms with Crippen molar-refractivity contribution in [2.75, 3.05) is 0 Å². The van der Waals surface area contributed by atoms with Crippen LogP contribution < -0.4 is 0 Å². The molecule has 0 saturated heterocycles. The first-order chi connectivity index (χ1) is 18.2. The Bertz CT molecular complexity index is 1070. The number of hydrogen-bond acceptors (Lipinski definition) is 0. The molecule has 0 aromatic heterocycles. The number of halogens is 22. The lowest BCUT2D eigenvalue weighted by Gasteiger charge is -2.44. The minimum atomic E-state index is -9.15. The van der Waals surface area contributed by atoms with Gasteiger partial charge in [-0.15, -0.1) is 0 Å². The Kier molecular flexibility index (Phi) is 10.2. The average Bonchev–Trinajstić information content (AvgIpc) is 2.81. The van der Waals surface area contributed by atoms with Gasteiger partial charge in [0.05, 0.1) is 0 Å². The summed E-state index contributed by atoms with van der Waals surface area (Å²) in [6.45, 7) is 0. The molecule has 0 aliphatic heterocycles. The summed E-state index contributed by atoms with van der Waals surface area (Å²) >= 11 is 1.83. The quantitative estimate of drug-likeness (QED) is 0.106. The summed E-state index contributed by atoms with van der Waals surface area (Å²) in [5.74, 6) is -76.5. The molecular formula is C20H12F21I. The first-order valence-corrected chi connectivity index (χ1v) is 11.5. The van der Waals surface area contributed by atoms with Crippen LogP contribution in [0, 0.1) is 3.57 Å². The van der Waals surface area contributed by atoms with E-state index in [1.165, 1.54) is 24.3 Å². The van der Waals surface area contributed by atoms with Crippen LogP contribution in [0.15, 0.2) is 24.3 Å². The van der Waals surface area contributed by atoms with Crippen molar-refractivity contribution in [3.63, 3.8) is 0 Å². The van der Waals surface area contributed by atoms with Crippen molar-refractivity contribution in [2.45, 2.75) is 85.2 Å². The van der Waals surface area contributed by atoms with Crippen molar-refractivity contribution in [1.29, 1.82) is 0 Å². The largest absolute Gasteiger partial charge is 0.460 e. The number of alkyl halides is 21. The van der Waals surface area contributed by atoms with Crippen LogP contribution in [0.4, 0.5) is 92.2 Å². The van der Waals surface area contributed by atoms with Crippen LogP contribution in [0.5, 0.6) is 0 Å². The molecule has 0 bridgehead atoms. The lowest BCUT2D eigenvalue weighted by atomic mass is 9.85. The van der Waals surface area contributed by atoms with E-state index < -0.39 is 78.7 Å². The summed E-state index contributed by atoms with van der Waals surface area (Å²) in [4.78, 5) is 0. The van der Waals surface area contributed by atoms with E-state index in [9.17, 15) is 92.2 Å². The van der Waals surface area contributed by atoms with E-state index in [1.54, 1.807) is 0 Å². The van der Waals surface area contributed by atoms with Gasteiger partial charge in [0.2, 0.25) is 0 Å². The highest BCUT2D eigenvalue weighted by Crippen LogP contribution is 2.66. The summed E-state index contributed by atoms with van der Waals surface area (Å²) in [5, 5.41) is 0. The predicted molar refractivity (Wildman–Crippen MR) is 107 cm³/mol. The van der Waals surface area contributed by atoms with Crippen LogP contribution >= 0.6 is 22.6 Å². The Morgan fingerprint density at radius 3 is 1.05 bits per heavy atom. The number of unbranched alkanes of at least 4 members (excludes halogenated alkanes) is 1. The minimum absolute atomic E-state index is 0.249. The normalized spacial score (nSPS) is 15.8. The van der Waals surface area contributed by atoms with Crippen molar-refractivity contribution in [3.05, 3.63) is 33.4 Å². The molecule has 22 heteroatoms. The van der Waals surface area contributed by atoms with Gasteiger partial charge in [0.25, 0.3) is 0 Å². The first-order valence-electron chi connectivity index (χ1n) is 10.4. The van der Waals surface area contributed by atoms with Gasteiger partial charge in [-0.05, 0) is 59.5 Å². The predicted octanol–water partition coefficient (Wildman–Crippen LogP) is 10.3. The molecule has 0 radical (unpaired) electrons. The van der Waals surface area contributed by atoms with Gasteiger partial charge in [0, 0.05) is 9.99 Å². The molecule has 0 nitrogen and oxygen atoms in total. The van der Waals surface area contributed by atoms with Gasteiger partial charge in [-0.1, -0.05) is 12.1 Å². The van der Waals surface area contributed by atoms with Gasteiger partial charge in [-0.2, -0.15) is 92.2 Å². The number of hydrogen-bond donors (Lipinski definition) is 0. The zero-order valence-corrected chi connectivity index (χ0v) is 21.6. The molecule has 0 aliphatic carbocycles. The summed E-state index contributed by atoms with van der Waals surface area (Å²) < 4.78 is 281. The first kappa shape index (κ1) is 38.5. The third kappa shape index (κ3) is 5.69. The molecular weight excluding hydrogens is 766 g/mol. The lowest BCUT2D eigenvalue weighted by molar-refractivity contribution is -0.474.